The van der Waals surface area contributed by atoms with Gasteiger partial charge in [-0.3, -0.25) is 9.78 Å². The highest BCUT2D eigenvalue weighted by Gasteiger charge is 2.43. The highest BCUT2D eigenvalue weighted by Crippen LogP contribution is 2.30. The summed E-state index contributed by atoms with van der Waals surface area (Å²) >= 11 is 0. The Hall–Kier alpha value is -3.01. The second-order valence-corrected chi connectivity index (χ2v) is 9.23. The number of hydrogen-bond donors (Lipinski definition) is 1. The summed E-state index contributed by atoms with van der Waals surface area (Å²) in [6.45, 7) is 2.33. The van der Waals surface area contributed by atoms with Crippen molar-refractivity contribution in [3.63, 3.8) is 0 Å². The van der Waals surface area contributed by atoms with E-state index in [-0.39, 0.29) is 5.82 Å². The number of aromatic nitrogens is 2. The molecule has 0 aliphatic carbocycles. The summed E-state index contributed by atoms with van der Waals surface area (Å²) in [5.74, 6) is -0.720. The number of fused-ring (bicyclic) bond motifs is 1. The Balaban J connectivity index is 1.88. The van der Waals surface area contributed by atoms with Crippen LogP contribution in [0.15, 0.2) is 59.6 Å². The lowest BCUT2D eigenvalue weighted by Gasteiger charge is -2.23. The van der Waals surface area contributed by atoms with Gasteiger partial charge in [0.25, 0.3) is 0 Å². The van der Waals surface area contributed by atoms with Crippen LogP contribution in [0.2, 0.25) is 0 Å². The van der Waals surface area contributed by atoms with Crippen molar-refractivity contribution in [2.75, 3.05) is 5.32 Å². The van der Waals surface area contributed by atoms with E-state index >= 15 is 0 Å². The number of rotatable bonds is 4. The van der Waals surface area contributed by atoms with E-state index in [0.29, 0.717) is 17.8 Å². The van der Waals surface area contributed by atoms with E-state index in [1.807, 2.05) is 12.1 Å². The van der Waals surface area contributed by atoms with Crippen LogP contribution in [0.1, 0.15) is 19.5 Å². The number of hydrogen-bond acceptors (Lipinski definition) is 5. The third-order valence-corrected chi connectivity index (χ3v) is 6.79. The van der Waals surface area contributed by atoms with Gasteiger partial charge in [-0.25, -0.2) is 13.4 Å². The molecule has 0 radical (unpaired) electrons. The Bertz CT molecular complexity index is 1170. The summed E-state index contributed by atoms with van der Waals surface area (Å²) < 4.78 is 61.7. The second kappa shape index (κ2) is 7.11. The summed E-state index contributed by atoms with van der Waals surface area (Å²) in [5, 5.41) is 3.30. The quantitative estimate of drug-likeness (QED) is 0.689. The lowest BCUT2D eigenvalue weighted by atomic mass is 10.2. The highest BCUT2D eigenvalue weighted by molar-refractivity contribution is 7.93. The Labute approximate surface area is 164 Å². The lowest BCUT2D eigenvalue weighted by Crippen LogP contribution is -2.44. The van der Waals surface area contributed by atoms with Crippen LogP contribution < -0.4 is 5.32 Å². The fourth-order valence-corrected chi connectivity index (χ4v) is 3.85. The molecule has 0 fully saturated rings. The van der Waals surface area contributed by atoms with Gasteiger partial charge in [0, 0.05) is 11.6 Å². The fraction of sp³-hybridized carbons (Fsp3) is 0.211. The van der Waals surface area contributed by atoms with Crippen molar-refractivity contribution < 1.29 is 26.4 Å². The molecule has 3 aromatic rings. The smallest absolute Gasteiger partial charge is 0.309 e. The first kappa shape index (κ1) is 20.7. The number of anilines is 1. The number of sulfone groups is 1. The van der Waals surface area contributed by atoms with Crippen molar-refractivity contribution in [2.45, 2.75) is 29.7 Å². The number of pyridine rings is 2. The third kappa shape index (κ3) is 3.93. The first-order valence-corrected chi connectivity index (χ1v) is 9.86. The number of para-hydroxylation sites is 1. The minimum atomic E-state index is -4.70. The molecule has 0 atom stereocenters. The molecule has 2 heterocycles. The van der Waals surface area contributed by atoms with Crippen molar-refractivity contribution in [2.24, 2.45) is 0 Å². The average molecular weight is 423 g/mol. The first-order chi connectivity index (χ1) is 13.4. The Morgan fingerprint density at radius 1 is 1.00 bits per heavy atom. The molecule has 1 aromatic carbocycles. The van der Waals surface area contributed by atoms with Crippen LogP contribution in [0.3, 0.4) is 0 Å². The molecule has 0 spiro atoms. The standard InChI is InChI=1S/C19H16F3N3O3S/c1-18(2,29(27,28)13-8-9-15(23-11-13)19(20,21)22)17(26)25-16-10-7-12-5-3-4-6-14(12)24-16/h3-11H,1-2H3,(H,24,25,26). The summed E-state index contributed by atoms with van der Waals surface area (Å²) in [6, 6.07) is 11.8. The maximum Gasteiger partial charge on any atom is 0.433 e. The SMILES string of the molecule is CC(C)(C(=O)Nc1ccc2ccccc2n1)S(=O)(=O)c1ccc(C(F)(F)F)nc1. The lowest BCUT2D eigenvalue weighted by molar-refractivity contribution is -0.141. The van der Waals surface area contributed by atoms with Crippen LogP contribution in [0.4, 0.5) is 19.0 Å². The molecular weight excluding hydrogens is 407 g/mol. The van der Waals surface area contributed by atoms with Gasteiger partial charge < -0.3 is 5.32 Å². The van der Waals surface area contributed by atoms with Crippen LogP contribution in [-0.4, -0.2) is 29.0 Å². The minimum Gasteiger partial charge on any atom is -0.309 e. The Morgan fingerprint density at radius 2 is 1.69 bits per heavy atom. The van der Waals surface area contributed by atoms with Crippen LogP contribution in [0, 0.1) is 0 Å². The molecule has 1 N–H and O–H groups in total. The highest BCUT2D eigenvalue weighted by atomic mass is 32.2. The molecule has 0 saturated carbocycles. The second-order valence-electron chi connectivity index (χ2n) is 6.73. The summed E-state index contributed by atoms with van der Waals surface area (Å²) in [6.07, 6.45) is -4.10. The molecule has 0 aliphatic rings. The van der Waals surface area contributed by atoms with E-state index in [0.717, 1.165) is 25.3 Å². The molecule has 2 aromatic heterocycles. The number of carbonyl (C=O) groups is 1. The van der Waals surface area contributed by atoms with E-state index in [1.54, 1.807) is 18.2 Å². The predicted octanol–water partition coefficient (Wildman–Crippen LogP) is 3.84. The van der Waals surface area contributed by atoms with E-state index in [4.69, 9.17) is 0 Å². The van der Waals surface area contributed by atoms with Crippen molar-refractivity contribution in [1.82, 2.24) is 9.97 Å². The van der Waals surface area contributed by atoms with E-state index in [9.17, 15) is 26.4 Å². The van der Waals surface area contributed by atoms with Gasteiger partial charge >= 0.3 is 6.18 Å². The van der Waals surface area contributed by atoms with Crippen LogP contribution in [0.5, 0.6) is 0 Å². The van der Waals surface area contributed by atoms with Gasteiger partial charge in [-0.15, -0.1) is 0 Å². The Morgan fingerprint density at radius 3 is 2.31 bits per heavy atom. The van der Waals surface area contributed by atoms with E-state index in [1.165, 1.54) is 6.07 Å². The number of alkyl halides is 3. The monoisotopic (exact) mass is 423 g/mol. The zero-order valence-electron chi connectivity index (χ0n) is 15.4. The van der Waals surface area contributed by atoms with E-state index in [2.05, 4.69) is 15.3 Å². The number of halogens is 3. The van der Waals surface area contributed by atoms with Gasteiger partial charge in [0.2, 0.25) is 5.91 Å². The van der Waals surface area contributed by atoms with Crippen molar-refractivity contribution >= 4 is 32.5 Å². The van der Waals surface area contributed by atoms with Gasteiger partial charge in [0.05, 0.1) is 10.4 Å². The minimum absolute atomic E-state index is 0.155. The first-order valence-electron chi connectivity index (χ1n) is 8.38. The molecule has 0 aliphatic heterocycles. The maximum atomic E-state index is 12.9. The molecule has 0 bridgehead atoms. The molecule has 10 heteroatoms. The number of nitrogens with one attached hydrogen (secondary N) is 1. The molecule has 6 nitrogen and oxygen atoms in total. The zero-order valence-corrected chi connectivity index (χ0v) is 16.2. The van der Waals surface area contributed by atoms with Gasteiger partial charge in [-0.2, -0.15) is 13.2 Å². The number of nitrogens with zero attached hydrogens (tertiary/aromatic N) is 2. The molecule has 0 saturated heterocycles. The number of benzene rings is 1. The molecule has 3 rings (SSSR count). The number of carbonyl (C=O) groups excluding carboxylic acids is 1. The van der Waals surface area contributed by atoms with Gasteiger partial charge in [-0.05, 0) is 44.2 Å². The normalized spacial score (nSPS) is 12.7. The third-order valence-electron chi connectivity index (χ3n) is 4.40. The molecule has 29 heavy (non-hydrogen) atoms. The summed E-state index contributed by atoms with van der Waals surface area (Å²) in [5.41, 5.74) is -0.614. The van der Waals surface area contributed by atoms with Crippen molar-refractivity contribution in [3.05, 3.63) is 60.4 Å². The van der Waals surface area contributed by atoms with Crippen LogP contribution >= 0.6 is 0 Å². The Kier molecular flexibility index (Phi) is 5.08. The number of amides is 1. The van der Waals surface area contributed by atoms with Gasteiger partial charge in [0.15, 0.2) is 9.84 Å². The van der Waals surface area contributed by atoms with Crippen LogP contribution in [-0.2, 0) is 20.8 Å². The van der Waals surface area contributed by atoms with E-state index < -0.39 is 37.3 Å². The topological polar surface area (TPSA) is 89.0 Å². The maximum absolute atomic E-state index is 12.9. The largest absolute Gasteiger partial charge is 0.433 e. The fourth-order valence-electron chi connectivity index (χ4n) is 2.53. The predicted molar refractivity (Wildman–Crippen MR) is 101 cm³/mol. The summed E-state index contributed by atoms with van der Waals surface area (Å²) in [4.78, 5) is 19.6. The molecule has 152 valence electrons. The van der Waals surface area contributed by atoms with Gasteiger partial charge in [0.1, 0.15) is 16.3 Å². The van der Waals surface area contributed by atoms with Crippen molar-refractivity contribution in [1.29, 1.82) is 0 Å². The molecular formula is C19H16F3N3O3S. The summed E-state index contributed by atoms with van der Waals surface area (Å²) in [7, 11) is -4.33. The molecule has 1 amide bonds. The van der Waals surface area contributed by atoms with Crippen molar-refractivity contribution in [3.8, 4) is 0 Å². The molecule has 0 unspecified atom stereocenters. The average Bonchev–Trinajstić information content (AvgIpc) is 2.67. The van der Waals surface area contributed by atoms with Crippen LogP contribution in [0.25, 0.3) is 10.9 Å². The van der Waals surface area contributed by atoms with Gasteiger partial charge in [-0.1, -0.05) is 18.2 Å². The zero-order chi connectivity index (χ0) is 21.4.